The number of aromatic nitrogens is 3. The van der Waals surface area contributed by atoms with Gasteiger partial charge in [0.2, 0.25) is 17.6 Å². The van der Waals surface area contributed by atoms with E-state index in [-0.39, 0.29) is 17.3 Å². The van der Waals surface area contributed by atoms with Crippen LogP contribution in [0.15, 0.2) is 41.1 Å². The van der Waals surface area contributed by atoms with Gasteiger partial charge in [-0.25, -0.2) is 9.37 Å². The van der Waals surface area contributed by atoms with Crippen molar-refractivity contribution in [3.8, 4) is 11.4 Å². The number of anilines is 1. The first-order valence-electron chi connectivity index (χ1n) is 8.81. The largest absolute Gasteiger partial charge is 0.366 e. The lowest BCUT2D eigenvalue weighted by molar-refractivity contribution is 0.1000. The second-order valence-electron chi connectivity index (χ2n) is 6.65. The van der Waals surface area contributed by atoms with Crippen LogP contribution in [0, 0.1) is 5.82 Å². The Labute approximate surface area is 165 Å². The minimum absolute atomic E-state index is 0.00255. The maximum atomic E-state index is 13.4. The number of nitrogens with two attached hydrogens (primary N) is 1. The molecule has 3 heterocycles. The van der Waals surface area contributed by atoms with Crippen molar-refractivity contribution in [2.75, 3.05) is 18.0 Å². The Morgan fingerprint density at radius 2 is 2.21 bits per heavy atom. The number of pyridine rings is 1. The van der Waals surface area contributed by atoms with Gasteiger partial charge in [-0.05, 0) is 31.0 Å². The van der Waals surface area contributed by atoms with E-state index in [1.165, 1.54) is 24.4 Å². The lowest BCUT2D eigenvalue weighted by Gasteiger charge is -2.32. The number of halogens is 2. The first kappa shape index (κ1) is 18.4. The zero-order valence-corrected chi connectivity index (χ0v) is 15.6. The third-order valence-electron chi connectivity index (χ3n) is 4.70. The number of piperidine rings is 1. The Morgan fingerprint density at radius 3 is 2.96 bits per heavy atom. The van der Waals surface area contributed by atoms with Gasteiger partial charge in [-0.1, -0.05) is 28.9 Å². The third kappa shape index (κ3) is 3.68. The molecule has 2 aromatic heterocycles. The van der Waals surface area contributed by atoms with Crippen molar-refractivity contribution in [1.82, 2.24) is 15.1 Å². The summed E-state index contributed by atoms with van der Waals surface area (Å²) < 4.78 is 18.9. The highest BCUT2D eigenvalue weighted by molar-refractivity contribution is 6.33. The second kappa shape index (κ2) is 7.55. The van der Waals surface area contributed by atoms with Crippen molar-refractivity contribution in [2.24, 2.45) is 5.73 Å². The molecule has 7 nitrogen and oxygen atoms in total. The number of benzene rings is 1. The molecule has 9 heteroatoms. The van der Waals surface area contributed by atoms with E-state index in [1.807, 2.05) is 4.90 Å². The van der Waals surface area contributed by atoms with Crippen LogP contribution < -0.4 is 10.6 Å². The standard InChI is InChI=1S/C19H17ClFN5O2/c20-15-8-13(16(22)27)9-23-18(15)26-6-2-4-12(10-26)19-24-17(25-28-19)11-3-1-5-14(21)7-11/h1,3,5,7-9,12H,2,4,6,10H2,(H2,22,27). The number of nitrogens with zero attached hydrogens (tertiary/aromatic N) is 4. The predicted octanol–water partition coefficient (Wildman–Crippen LogP) is 3.41. The summed E-state index contributed by atoms with van der Waals surface area (Å²) >= 11 is 6.30. The quantitative estimate of drug-likeness (QED) is 0.719. The summed E-state index contributed by atoms with van der Waals surface area (Å²) in [6.07, 6.45) is 3.18. The molecule has 0 saturated carbocycles. The molecule has 28 heavy (non-hydrogen) atoms. The first-order chi connectivity index (χ1) is 13.5. The zero-order valence-electron chi connectivity index (χ0n) is 14.8. The normalized spacial score (nSPS) is 16.9. The Kier molecular flexibility index (Phi) is 4.95. The summed E-state index contributed by atoms with van der Waals surface area (Å²) in [6.45, 7) is 1.36. The Bertz CT molecular complexity index is 1030. The molecule has 0 spiro atoms. The molecule has 0 aliphatic carbocycles. The van der Waals surface area contributed by atoms with E-state index in [2.05, 4.69) is 15.1 Å². The van der Waals surface area contributed by atoms with Crippen LogP contribution in [0.4, 0.5) is 10.2 Å². The van der Waals surface area contributed by atoms with Crippen LogP contribution in [0.25, 0.3) is 11.4 Å². The molecule has 4 rings (SSSR count). The summed E-state index contributed by atoms with van der Waals surface area (Å²) in [7, 11) is 0. The lowest BCUT2D eigenvalue weighted by Crippen LogP contribution is -2.35. The minimum Gasteiger partial charge on any atom is -0.366 e. The molecule has 2 N–H and O–H groups in total. The molecule has 0 radical (unpaired) electrons. The van der Waals surface area contributed by atoms with Gasteiger partial charge >= 0.3 is 0 Å². The maximum Gasteiger partial charge on any atom is 0.250 e. The molecule has 1 aliphatic heterocycles. The van der Waals surface area contributed by atoms with Crippen molar-refractivity contribution in [3.05, 3.63) is 58.8 Å². The fourth-order valence-corrected chi connectivity index (χ4v) is 3.60. The van der Waals surface area contributed by atoms with E-state index >= 15 is 0 Å². The molecule has 144 valence electrons. The lowest BCUT2D eigenvalue weighted by atomic mass is 9.98. The van der Waals surface area contributed by atoms with Crippen LogP contribution in [0.1, 0.15) is 35.0 Å². The van der Waals surface area contributed by atoms with E-state index in [4.69, 9.17) is 21.9 Å². The zero-order chi connectivity index (χ0) is 19.7. The van der Waals surface area contributed by atoms with Gasteiger partial charge in [-0.2, -0.15) is 4.98 Å². The summed E-state index contributed by atoms with van der Waals surface area (Å²) in [5, 5.41) is 4.35. The molecule has 1 aromatic carbocycles. The van der Waals surface area contributed by atoms with Crippen LogP contribution in [-0.2, 0) is 0 Å². The predicted molar refractivity (Wildman–Crippen MR) is 102 cm³/mol. The summed E-state index contributed by atoms with van der Waals surface area (Å²) in [4.78, 5) is 22.0. The summed E-state index contributed by atoms with van der Waals surface area (Å²) in [5.41, 5.74) is 6.09. The van der Waals surface area contributed by atoms with Gasteiger partial charge < -0.3 is 15.2 Å². The average Bonchev–Trinajstić information content (AvgIpc) is 3.18. The highest BCUT2D eigenvalue weighted by atomic mass is 35.5. The summed E-state index contributed by atoms with van der Waals surface area (Å²) in [5.74, 6) is 0.502. The Morgan fingerprint density at radius 1 is 1.36 bits per heavy atom. The van der Waals surface area contributed by atoms with E-state index in [0.29, 0.717) is 34.7 Å². The topological polar surface area (TPSA) is 98.1 Å². The molecule has 1 amide bonds. The van der Waals surface area contributed by atoms with Crippen LogP contribution in [0.3, 0.4) is 0 Å². The van der Waals surface area contributed by atoms with E-state index < -0.39 is 5.91 Å². The number of carbonyl (C=O) groups is 1. The van der Waals surface area contributed by atoms with E-state index in [0.717, 1.165) is 19.4 Å². The van der Waals surface area contributed by atoms with Gasteiger partial charge in [0.1, 0.15) is 11.6 Å². The van der Waals surface area contributed by atoms with Crippen molar-refractivity contribution in [1.29, 1.82) is 0 Å². The van der Waals surface area contributed by atoms with Gasteiger partial charge in [0.15, 0.2) is 0 Å². The number of amides is 1. The number of primary amides is 1. The third-order valence-corrected chi connectivity index (χ3v) is 4.98. The molecule has 1 unspecified atom stereocenters. The van der Waals surface area contributed by atoms with Gasteiger partial charge in [0.05, 0.1) is 16.5 Å². The Balaban J connectivity index is 1.54. The molecule has 0 bridgehead atoms. The van der Waals surface area contributed by atoms with Crippen LogP contribution in [-0.4, -0.2) is 34.1 Å². The van der Waals surface area contributed by atoms with Crippen LogP contribution in [0.5, 0.6) is 0 Å². The van der Waals surface area contributed by atoms with Crippen molar-refractivity contribution in [3.63, 3.8) is 0 Å². The summed E-state index contributed by atoms with van der Waals surface area (Å²) in [6, 6.07) is 7.58. The van der Waals surface area contributed by atoms with Gasteiger partial charge in [-0.3, -0.25) is 4.79 Å². The molecular weight excluding hydrogens is 385 g/mol. The molecule has 3 aromatic rings. The van der Waals surface area contributed by atoms with Crippen LogP contribution in [0.2, 0.25) is 5.02 Å². The van der Waals surface area contributed by atoms with Crippen molar-refractivity contribution in [2.45, 2.75) is 18.8 Å². The number of hydrogen-bond acceptors (Lipinski definition) is 6. The average molecular weight is 402 g/mol. The number of carbonyl (C=O) groups excluding carboxylic acids is 1. The molecule has 1 fully saturated rings. The SMILES string of the molecule is NC(=O)c1cnc(N2CCCC(c3nc(-c4cccc(F)c4)no3)C2)c(Cl)c1. The molecule has 1 saturated heterocycles. The number of rotatable bonds is 4. The fourth-order valence-electron chi connectivity index (χ4n) is 3.32. The van der Waals surface area contributed by atoms with Crippen molar-refractivity contribution < 1.29 is 13.7 Å². The first-order valence-corrected chi connectivity index (χ1v) is 9.19. The number of hydrogen-bond donors (Lipinski definition) is 1. The molecule has 1 aliphatic rings. The highest BCUT2D eigenvalue weighted by Gasteiger charge is 2.28. The van der Waals surface area contributed by atoms with E-state index in [9.17, 15) is 9.18 Å². The second-order valence-corrected chi connectivity index (χ2v) is 7.05. The molecule has 1 atom stereocenters. The van der Waals surface area contributed by atoms with Gasteiger partial charge in [-0.15, -0.1) is 0 Å². The fraction of sp³-hybridized carbons (Fsp3) is 0.263. The van der Waals surface area contributed by atoms with Crippen LogP contribution >= 0.6 is 11.6 Å². The monoisotopic (exact) mass is 401 g/mol. The van der Waals surface area contributed by atoms with Gasteiger partial charge in [0.25, 0.3) is 0 Å². The minimum atomic E-state index is -0.576. The van der Waals surface area contributed by atoms with E-state index in [1.54, 1.807) is 12.1 Å². The Hall–Kier alpha value is -3.00. The highest BCUT2D eigenvalue weighted by Crippen LogP contribution is 2.32. The maximum absolute atomic E-state index is 13.4. The molecular formula is C19H17ClFN5O2. The van der Waals surface area contributed by atoms with Gasteiger partial charge in [0, 0.05) is 24.8 Å². The smallest absolute Gasteiger partial charge is 0.250 e. The van der Waals surface area contributed by atoms with Crippen molar-refractivity contribution >= 4 is 23.3 Å².